The van der Waals surface area contributed by atoms with Gasteiger partial charge in [0, 0.05) is 25.0 Å². The monoisotopic (exact) mass is 378 g/mol. The summed E-state index contributed by atoms with van der Waals surface area (Å²) >= 11 is 0. The lowest BCUT2D eigenvalue weighted by atomic mass is 10.1. The Hall–Kier alpha value is -2.96. The molecule has 2 aromatic carbocycles. The molecule has 1 saturated heterocycles. The second-order valence-electron chi connectivity index (χ2n) is 6.84. The van der Waals surface area contributed by atoms with E-state index in [1.165, 1.54) is 0 Å². The first kappa shape index (κ1) is 18.4. The molecule has 1 unspecified atom stereocenters. The average molecular weight is 378 g/mol. The van der Waals surface area contributed by atoms with E-state index in [1.807, 2.05) is 42.5 Å². The van der Waals surface area contributed by atoms with Gasteiger partial charge in [0.05, 0.1) is 19.3 Å². The van der Waals surface area contributed by atoms with Crippen LogP contribution in [-0.4, -0.2) is 43.7 Å². The molecule has 1 fully saturated rings. The number of ether oxygens (including phenoxy) is 1. The third-order valence-corrected chi connectivity index (χ3v) is 4.94. The predicted octanol–water partition coefficient (Wildman–Crippen LogP) is 2.60. The molecule has 144 valence electrons. The molecule has 6 nitrogen and oxygen atoms in total. The van der Waals surface area contributed by atoms with Crippen molar-refractivity contribution in [3.05, 3.63) is 82.2 Å². The Balaban J connectivity index is 1.59. The number of hydrogen-bond donors (Lipinski definition) is 1. The summed E-state index contributed by atoms with van der Waals surface area (Å²) in [6.45, 7) is 3.65. The lowest BCUT2D eigenvalue weighted by molar-refractivity contribution is 0.0332. The number of nitrogens with one attached hydrogen (secondary N) is 1. The largest absolute Gasteiger partial charge is 0.422 e. The maximum Gasteiger partial charge on any atom is 0.349 e. The van der Waals surface area contributed by atoms with Crippen molar-refractivity contribution in [2.75, 3.05) is 32.8 Å². The Morgan fingerprint density at radius 3 is 2.54 bits per heavy atom. The molecule has 1 amide bonds. The number of carbonyl (C=O) groups is 1. The van der Waals surface area contributed by atoms with Crippen LogP contribution in [0.4, 0.5) is 0 Å². The molecule has 0 bridgehead atoms. The van der Waals surface area contributed by atoms with Gasteiger partial charge in [0.25, 0.3) is 5.91 Å². The number of benzene rings is 2. The van der Waals surface area contributed by atoms with E-state index in [2.05, 4.69) is 10.2 Å². The predicted molar refractivity (Wildman–Crippen MR) is 106 cm³/mol. The first-order valence-electron chi connectivity index (χ1n) is 9.39. The van der Waals surface area contributed by atoms with Crippen LogP contribution in [0.25, 0.3) is 11.0 Å². The fraction of sp³-hybridized carbons (Fsp3) is 0.273. The minimum absolute atomic E-state index is 0.0154. The quantitative estimate of drug-likeness (QED) is 0.691. The molecule has 1 aliphatic rings. The summed E-state index contributed by atoms with van der Waals surface area (Å²) in [4.78, 5) is 27.5. The van der Waals surface area contributed by atoms with E-state index < -0.39 is 11.5 Å². The number of amides is 1. The molecule has 0 spiro atoms. The molecule has 4 rings (SSSR count). The molecular formula is C22H22N2O4. The van der Waals surface area contributed by atoms with Crippen molar-refractivity contribution in [2.45, 2.75) is 6.04 Å². The van der Waals surface area contributed by atoms with Crippen molar-refractivity contribution in [1.29, 1.82) is 0 Å². The van der Waals surface area contributed by atoms with Crippen molar-refractivity contribution in [1.82, 2.24) is 10.2 Å². The van der Waals surface area contributed by atoms with Crippen molar-refractivity contribution in [3.8, 4) is 0 Å². The molecule has 6 heteroatoms. The van der Waals surface area contributed by atoms with Crippen LogP contribution in [0, 0.1) is 0 Å². The summed E-state index contributed by atoms with van der Waals surface area (Å²) in [5, 5.41) is 3.74. The Morgan fingerprint density at radius 1 is 1.04 bits per heavy atom. The second kappa shape index (κ2) is 8.37. The van der Waals surface area contributed by atoms with Crippen molar-refractivity contribution in [3.63, 3.8) is 0 Å². The van der Waals surface area contributed by atoms with Gasteiger partial charge in [-0.2, -0.15) is 0 Å². The third kappa shape index (κ3) is 4.13. The first-order chi connectivity index (χ1) is 13.7. The summed E-state index contributed by atoms with van der Waals surface area (Å²) in [6.07, 6.45) is 0. The van der Waals surface area contributed by atoms with Crippen LogP contribution in [-0.2, 0) is 4.74 Å². The van der Waals surface area contributed by atoms with Crippen LogP contribution in [0.2, 0.25) is 0 Å². The van der Waals surface area contributed by atoms with Crippen molar-refractivity contribution < 1.29 is 13.9 Å². The number of nitrogens with zero attached hydrogens (tertiary/aromatic N) is 1. The highest BCUT2D eigenvalue weighted by atomic mass is 16.5. The van der Waals surface area contributed by atoms with Gasteiger partial charge in [-0.15, -0.1) is 0 Å². The summed E-state index contributed by atoms with van der Waals surface area (Å²) in [5.41, 5.74) is 0.848. The first-order valence-corrected chi connectivity index (χ1v) is 9.39. The van der Waals surface area contributed by atoms with Gasteiger partial charge in [-0.25, -0.2) is 4.79 Å². The molecule has 1 aliphatic heterocycles. The van der Waals surface area contributed by atoms with E-state index in [0.29, 0.717) is 25.3 Å². The topological polar surface area (TPSA) is 71.8 Å². The fourth-order valence-electron chi connectivity index (χ4n) is 3.42. The number of para-hydroxylation sites is 1. The number of carbonyl (C=O) groups excluding carboxylic acids is 1. The van der Waals surface area contributed by atoms with Crippen molar-refractivity contribution in [2.24, 2.45) is 0 Å². The van der Waals surface area contributed by atoms with E-state index in [-0.39, 0.29) is 11.6 Å². The van der Waals surface area contributed by atoms with Gasteiger partial charge in [-0.05, 0) is 17.7 Å². The molecule has 3 aromatic rings. The van der Waals surface area contributed by atoms with Gasteiger partial charge in [-0.1, -0.05) is 48.5 Å². The van der Waals surface area contributed by atoms with Gasteiger partial charge < -0.3 is 14.5 Å². The van der Waals surface area contributed by atoms with E-state index in [1.54, 1.807) is 18.2 Å². The number of rotatable bonds is 5. The molecule has 0 aliphatic carbocycles. The molecule has 1 atom stereocenters. The summed E-state index contributed by atoms with van der Waals surface area (Å²) in [6, 6.07) is 18.3. The van der Waals surface area contributed by atoms with Gasteiger partial charge in [-0.3, -0.25) is 9.69 Å². The highest BCUT2D eigenvalue weighted by molar-refractivity contribution is 5.96. The Morgan fingerprint density at radius 2 is 1.75 bits per heavy atom. The van der Waals surface area contributed by atoms with E-state index >= 15 is 0 Å². The SMILES string of the molecule is O=C(NC(CN1CCOCC1)c1ccccc1)c1cc2ccccc2oc1=O. The highest BCUT2D eigenvalue weighted by Gasteiger charge is 2.22. The minimum atomic E-state index is -0.630. The molecule has 0 saturated carbocycles. The summed E-state index contributed by atoms with van der Waals surface area (Å²) in [5.74, 6) is -0.429. The van der Waals surface area contributed by atoms with E-state index in [9.17, 15) is 9.59 Å². The fourth-order valence-corrected chi connectivity index (χ4v) is 3.42. The van der Waals surface area contributed by atoms with Crippen LogP contribution in [0.5, 0.6) is 0 Å². The molecule has 1 aromatic heterocycles. The van der Waals surface area contributed by atoms with Gasteiger partial charge in [0.2, 0.25) is 0 Å². The standard InChI is InChI=1S/C22H22N2O4/c25-21(18-14-17-8-4-5-9-20(17)28-22(18)26)23-19(16-6-2-1-3-7-16)15-24-10-12-27-13-11-24/h1-9,14,19H,10-13,15H2,(H,23,25). The zero-order chi connectivity index (χ0) is 19.3. The minimum Gasteiger partial charge on any atom is -0.422 e. The van der Waals surface area contributed by atoms with Gasteiger partial charge in [0.1, 0.15) is 11.1 Å². The third-order valence-electron chi connectivity index (χ3n) is 4.94. The maximum absolute atomic E-state index is 12.9. The average Bonchev–Trinajstić information content (AvgIpc) is 2.74. The van der Waals surface area contributed by atoms with Gasteiger partial charge >= 0.3 is 5.63 Å². The van der Waals surface area contributed by atoms with Crippen molar-refractivity contribution >= 4 is 16.9 Å². The van der Waals surface area contributed by atoms with Crippen LogP contribution in [0.1, 0.15) is 22.0 Å². The zero-order valence-electron chi connectivity index (χ0n) is 15.5. The normalized spacial score (nSPS) is 16.0. The second-order valence-corrected chi connectivity index (χ2v) is 6.84. The summed E-state index contributed by atoms with van der Waals surface area (Å²) in [7, 11) is 0. The molecule has 2 heterocycles. The van der Waals surface area contributed by atoms with Crippen LogP contribution >= 0.6 is 0 Å². The molecule has 1 N–H and O–H groups in total. The molecular weight excluding hydrogens is 356 g/mol. The van der Waals surface area contributed by atoms with Crippen LogP contribution in [0.3, 0.4) is 0 Å². The number of morpholine rings is 1. The van der Waals surface area contributed by atoms with Crippen LogP contribution < -0.4 is 10.9 Å². The molecule has 0 radical (unpaired) electrons. The Kier molecular flexibility index (Phi) is 5.50. The van der Waals surface area contributed by atoms with E-state index in [0.717, 1.165) is 24.0 Å². The number of hydrogen-bond acceptors (Lipinski definition) is 5. The lowest BCUT2D eigenvalue weighted by Gasteiger charge is -2.31. The zero-order valence-corrected chi connectivity index (χ0v) is 15.5. The van der Waals surface area contributed by atoms with E-state index in [4.69, 9.17) is 9.15 Å². The van der Waals surface area contributed by atoms with Gasteiger partial charge in [0.15, 0.2) is 0 Å². The highest BCUT2D eigenvalue weighted by Crippen LogP contribution is 2.17. The lowest BCUT2D eigenvalue weighted by Crippen LogP contribution is -2.43. The Labute approximate surface area is 162 Å². The Bertz CT molecular complexity index is 1010. The maximum atomic E-state index is 12.9. The smallest absolute Gasteiger partial charge is 0.349 e. The summed E-state index contributed by atoms with van der Waals surface area (Å²) < 4.78 is 10.7. The number of fused-ring (bicyclic) bond motifs is 1. The molecule has 28 heavy (non-hydrogen) atoms. The van der Waals surface area contributed by atoms with Crippen LogP contribution in [0.15, 0.2) is 69.9 Å².